The molecule has 0 fully saturated rings. The van der Waals surface area contributed by atoms with Crippen molar-refractivity contribution >= 4 is 22.9 Å². The Morgan fingerprint density at radius 1 is 1.43 bits per heavy atom. The summed E-state index contributed by atoms with van der Waals surface area (Å²) in [4.78, 5) is 1.33. The molecule has 1 rings (SSSR count). The van der Waals surface area contributed by atoms with Crippen molar-refractivity contribution in [1.82, 2.24) is 5.32 Å². The highest BCUT2D eigenvalue weighted by atomic mass is 35.5. The van der Waals surface area contributed by atoms with Crippen LogP contribution in [0.25, 0.3) is 0 Å². The molecule has 0 spiro atoms. The van der Waals surface area contributed by atoms with E-state index in [0.29, 0.717) is 0 Å². The number of nitrogens with one attached hydrogen (secondary N) is 1. The molecule has 2 nitrogen and oxygen atoms in total. The Hall–Kier alpha value is -0.0900. The molecule has 0 unspecified atom stereocenters. The molecular formula is C10H16ClNOS. The van der Waals surface area contributed by atoms with Crippen LogP contribution in [-0.2, 0) is 11.2 Å². The van der Waals surface area contributed by atoms with Crippen molar-refractivity contribution in [2.45, 2.75) is 13.3 Å². The van der Waals surface area contributed by atoms with Crippen LogP contribution in [0.15, 0.2) is 12.1 Å². The quantitative estimate of drug-likeness (QED) is 0.731. The Morgan fingerprint density at radius 2 is 2.29 bits per heavy atom. The number of hydrogen-bond acceptors (Lipinski definition) is 3. The van der Waals surface area contributed by atoms with Crippen LogP contribution in [0.1, 0.15) is 11.8 Å². The third kappa shape index (κ3) is 4.96. The van der Waals surface area contributed by atoms with E-state index >= 15 is 0 Å². The van der Waals surface area contributed by atoms with Crippen LogP contribution < -0.4 is 5.32 Å². The molecule has 0 saturated carbocycles. The van der Waals surface area contributed by atoms with Gasteiger partial charge in [-0.1, -0.05) is 11.6 Å². The summed E-state index contributed by atoms with van der Waals surface area (Å²) in [6.07, 6.45) is 1.05. The van der Waals surface area contributed by atoms with Gasteiger partial charge in [-0.2, -0.15) is 0 Å². The first-order valence-corrected chi connectivity index (χ1v) is 6.05. The molecule has 0 radical (unpaired) electrons. The molecule has 0 aliphatic carbocycles. The lowest BCUT2D eigenvalue weighted by atomic mass is 10.3. The molecule has 1 heterocycles. The summed E-state index contributed by atoms with van der Waals surface area (Å²) < 4.78 is 6.08. The van der Waals surface area contributed by atoms with Crippen LogP contribution in [0, 0.1) is 0 Å². The van der Waals surface area contributed by atoms with E-state index in [1.165, 1.54) is 4.88 Å². The monoisotopic (exact) mass is 233 g/mol. The average molecular weight is 234 g/mol. The fourth-order valence-electron chi connectivity index (χ4n) is 1.11. The summed E-state index contributed by atoms with van der Waals surface area (Å²) in [6.45, 7) is 5.51. The fourth-order valence-corrected chi connectivity index (χ4v) is 2.20. The maximum absolute atomic E-state index is 5.82. The lowest BCUT2D eigenvalue weighted by Gasteiger charge is -2.03. The highest BCUT2D eigenvalue weighted by Gasteiger charge is 1.96. The second-order valence-corrected chi connectivity index (χ2v) is 4.70. The Morgan fingerprint density at radius 3 is 2.93 bits per heavy atom. The molecule has 0 aliphatic rings. The molecule has 0 aromatic carbocycles. The third-order valence-electron chi connectivity index (χ3n) is 1.80. The van der Waals surface area contributed by atoms with Crippen molar-refractivity contribution in [2.24, 2.45) is 0 Å². The molecular weight excluding hydrogens is 218 g/mol. The van der Waals surface area contributed by atoms with Crippen molar-refractivity contribution in [2.75, 3.05) is 26.3 Å². The zero-order valence-electron chi connectivity index (χ0n) is 8.38. The summed E-state index contributed by atoms with van der Waals surface area (Å²) in [5.74, 6) is 0. The second kappa shape index (κ2) is 7.23. The Bertz CT molecular complexity index is 252. The first-order valence-electron chi connectivity index (χ1n) is 4.85. The van der Waals surface area contributed by atoms with Crippen LogP contribution in [0.3, 0.4) is 0 Å². The first-order chi connectivity index (χ1) is 6.83. The van der Waals surface area contributed by atoms with Crippen LogP contribution in [-0.4, -0.2) is 26.3 Å². The molecule has 0 saturated heterocycles. The standard InChI is InChI=1S/C10H16ClNOS/c1-2-13-8-7-12-6-5-9-3-4-10(11)14-9/h3-4,12H,2,5-8H2,1H3. The zero-order valence-corrected chi connectivity index (χ0v) is 9.96. The van der Waals surface area contributed by atoms with E-state index in [4.69, 9.17) is 16.3 Å². The molecule has 0 amide bonds. The minimum atomic E-state index is 0.793. The fraction of sp³-hybridized carbons (Fsp3) is 0.600. The van der Waals surface area contributed by atoms with E-state index in [2.05, 4.69) is 11.4 Å². The Balaban J connectivity index is 1.99. The van der Waals surface area contributed by atoms with Gasteiger partial charge in [0.15, 0.2) is 0 Å². The van der Waals surface area contributed by atoms with Gasteiger partial charge in [0.05, 0.1) is 10.9 Å². The predicted octanol–water partition coefficient (Wildman–Crippen LogP) is 2.57. The van der Waals surface area contributed by atoms with Crippen molar-refractivity contribution in [1.29, 1.82) is 0 Å². The van der Waals surface area contributed by atoms with E-state index in [1.54, 1.807) is 11.3 Å². The number of ether oxygens (including phenoxy) is 1. The summed E-state index contributed by atoms with van der Waals surface area (Å²) in [6, 6.07) is 4.03. The molecule has 1 aromatic heterocycles. The van der Waals surface area contributed by atoms with Gasteiger partial charge in [0, 0.05) is 24.6 Å². The maximum Gasteiger partial charge on any atom is 0.0931 e. The second-order valence-electron chi connectivity index (χ2n) is 2.90. The van der Waals surface area contributed by atoms with Gasteiger partial charge >= 0.3 is 0 Å². The van der Waals surface area contributed by atoms with E-state index < -0.39 is 0 Å². The Kier molecular flexibility index (Phi) is 6.19. The largest absolute Gasteiger partial charge is 0.380 e. The van der Waals surface area contributed by atoms with Crippen molar-refractivity contribution < 1.29 is 4.74 Å². The molecule has 14 heavy (non-hydrogen) atoms. The number of hydrogen-bond donors (Lipinski definition) is 1. The van der Waals surface area contributed by atoms with Gasteiger partial charge in [-0.3, -0.25) is 0 Å². The number of rotatable bonds is 7. The van der Waals surface area contributed by atoms with Gasteiger partial charge in [-0.05, 0) is 25.5 Å². The minimum absolute atomic E-state index is 0.793. The molecule has 0 atom stereocenters. The normalized spacial score (nSPS) is 10.7. The van der Waals surface area contributed by atoms with Gasteiger partial charge in [-0.25, -0.2) is 0 Å². The van der Waals surface area contributed by atoms with Crippen molar-refractivity contribution in [3.63, 3.8) is 0 Å². The van der Waals surface area contributed by atoms with Gasteiger partial charge in [0.2, 0.25) is 0 Å². The van der Waals surface area contributed by atoms with E-state index in [-0.39, 0.29) is 0 Å². The smallest absolute Gasteiger partial charge is 0.0931 e. The van der Waals surface area contributed by atoms with Crippen LogP contribution >= 0.6 is 22.9 Å². The average Bonchev–Trinajstić information content (AvgIpc) is 2.58. The summed E-state index contributed by atoms with van der Waals surface area (Å²) >= 11 is 7.47. The van der Waals surface area contributed by atoms with Gasteiger partial charge in [0.1, 0.15) is 0 Å². The maximum atomic E-state index is 5.82. The zero-order chi connectivity index (χ0) is 10.2. The van der Waals surface area contributed by atoms with E-state index in [1.807, 2.05) is 13.0 Å². The van der Waals surface area contributed by atoms with Gasteiger partial charge in [0.25, 0.3) is 0 Å². The van der Waals surface area contributed by atoms with Crippen molar-refractivity contribution in [3.05, 3.63) is 21.3 Å². The number of halogens is 1. The van der Waals surface area contributed by atoms with E-state index in [9.17, 15) is 0 Å². The van der Waals surface area contributed by atoms with Gasteiger partial charge < -0.3 is 10.1 Å². The molecule has 0 bridgehead atoms. The summed E-state index contributed by atoms with van der Waals surface area (Å²) in [5, 5.41) is 3.32. The topological polar surface area (TPSA) is 21.3 Å². The lowest BCUT2D eigenvalue weighted by molar-refractivity contribution is 0.149. The SMILES string of the molecule is CCOCCNCCc1ccc(Cl)s1. The highest BCUT2D eigenvalue weighted by molar-refractivity contribution is 7.16. The van der Waals surface area contributed by atoms with Crippen LogP contribution in [0.4, 0.5) is 0 Å². The lowest BCUT2D eigenvalue weighted by Crippen LogP contribution is -2.21. The van der Waals surface area contributed by atoms with Crippen molar-refractivity contribution in [3.8, 4) is 0 Å². The molecule has 1 aromatic rings. The first kappa shape index (κ1) is 12.0. The summed E-state index contributed by atoms with van der Waals surface area (Å²) in [5.41, 5.74) is 0. The minimum Gasteiger partial charge on any atom is -0.380 e. The number of thiophene rings is 1. The molecule has 0 aliphatic heterocycles. The molecule has 80 valence electrons. The molecule has 4 heteroatoms. The highest BCUT2D eigenvalue weighted by Crippen LogP contribution is 2.21. The van der Waals surface area contributed by atoms with Crippen LogP contribution in [0.2, 0.25) is 4.34 Å². The van der Waals surface area contributed by atoms with E-state index in [0.717, 1.165) is 37.1 Å². The van der Waals surface area contributed by atoms with Crippen LogP contribution in [0.5, 0.6) is 0 Å². The summed E-state index contributed by atoms with van der Waals surface area (Å²) in [7, 11) is 0. The van der Waals surface area contributed by atoms with Gasteiger partial charge in [-0.15, -0.1) is 11.3 Å². The predicted molar refractivity (Wildman–Crippen MR) is 62.4 cm³/mol. The molecule has 1 N–H and O–H groups in total. The third-order valence-corrected chi connectivity index (χ3v) is 3.10. The Labute approximate surface area is 94.2 Å².